The normalized spacial score (nSPS) is 13.6. The number of carbonyl (C=O) groups excluding carboxylic acids is 5. The van der Waals surface area contributed by atoms with Crippen molar-refractivity contribution in [3.8, 4) is 22.4 Å². The van der Waals surface area contributed by atoms with Gasteiger partial charge in [-0.2, -0.15) is 0 Å². The van der Waals surface area contributed by atoms with Crippen molar-refractivity contribution < 1.29 is 56.8 Å². The van der Waals surface area contributed by atoms with Gasteiger partial charge in [0.1, 0.15) is 35.7 Å². The number of aromatic nitrogens is 1. The zero-order chi connectivity index (χ0) is 40.1. The molecule has 0 bridgehead atoms. The molecule has 4 aromatic rings. The first-order valence-electron chi connectivity index (χ1n) is 17.9. The SMILES string of the molecule is CCOc1ccc(Oc2nc3ccc(F)cc3s2)cc1.Cc1ccc(OCCOCCOCCOCCCNC=O)cc1C(=O)N(C=O)C1CCC(=O)NC1=O. The van der Waals surface area contributed by atoms with E-state index in [-0.39, 0.29) is 30.8 Å². The molecular formula is C39H45FN4O11S. The molecule has 3 aromatic carbocycles. The summed E-state index contributed by atoms with van der Waals surface area (Å²) in [6, 6.07) is 15.7. The number of hydrogen-bond acceptors (Lipinski definition) is 13. The minimum Gasteiger partial charge on any atom is -0.494 e. The predicted molar refractivity (Wildman–Crippen MR) is 203 cm³/mol. The second-order valence-electron chi connectivity index (χ2n) is 12.0. The summed E-state index contributed by atoms with van der Waals surface area (Å²) in [5.74, 6) is -0.127. The standard InChI is InChI=1S/C24H33N3O9.C15H12FNO2S/c1-18-3-4-19(36-14-13-35-12-11-34-10-9-33-8-2-7-25-16-28)15-20(18)24(32)27(17-29)21-5-6-22(30)26-23(21)31;1-2-18-11-4-6-12(7-5-11)19-15-17-13-8-3-10(16)9-14(13)20-15/h3-4,15-17,21H,2,5-14H2,1H3,(H,25,28)(H,26,30,31);3-9H,2H2,1H3. The first kappa shape index (κ1) is 43.2. The number of nitrogens with one attached hydrogen (secondary N) is 2. The Morgan fingerprint density at radius 2 is 1.59 bits per heavy atom. The van der Waals surface area contributed by atoms with Crippen molar-refractivity contribution in [2.45, 2.75) is 39.2 Å². The van der Waals surface area contributed by atoms with Crippen LogP contribution >= 0.6 is 11.3 Å². The molecule has 0 spiro atoms. The van der Waals surface area contributed by atoms with E-state index in [1.807, 2.05) is 31.2 Å². The molecule has 2 N–H and O–H groups in total. The number of halogens is 1. The van der Waals surface area contributed by atoms with Crippen LogP contribution in [0.2, 0.25) is 0 Å². The van der Waals surface area contributed by atoms with Crippen LogP contribution in [0.25, 0.3) is 10.2 Å². The quantitative estimate of drug-likeness (QED) is 0.0643. The van der Waals surface area contributed by atoms with Crippen LogP contribution in [0.15, 0.2) is 60.7 Å². The summed E-state index contributed by atoms with van der Waals surface area (Å²) < 4.78 is 46.8. The average Bonchev–Trinajstić information content (AvgIpc) is 3.59. The molecule has 17 heteroatoms. The Kier molecular flexibility index (Phi) is 18.1. The van der Waals surface area contributed by atoms with Crippen molar-refractivity contribution in [2.75, 3.05) is 59.4 Å². The van der Waals surface area contributed by atoms with E-state index >= 15 is 0 Å². The van der Waals surface area contributed by atoms with E-state index < -0.39 is 23.8 Å². The first-order chi connectivity index (χ1) is 27.2. The molecule has 1 saturated heterocycles. The number of aryl methyl sites for hydroxylation is 1. The minimum atomic E-state index is -1.04. The number of carbonyl (C=O) groups is 5. The number of piperidine rings is 1. The summed E-state index contributed by atoms with van der Waals surface area (Å²) in [4.78, 5) is 63.3. The second-order valence-corrected chi connectivity index (χ2v) is 13.0. The smallest absolute Gasteiger partial charge is 0.279 e. The van der Waals surface area contributed by atoms with Gasteiger partial charge in [-0.25, -0.2) is 9.37 Å². The Bertz CT molecular complexity index is 1890. The number of ether oxygens (including phenoxy) is 6. The molecule has 0 aliphatic carbocycles. The van der Waals surface area contributed by atoms with Gasteiger partial charge < -0.3 is 33.7 Å². The zero-order valence-electron chi connectivity index (χ0n) is 31.2. The molecule has 0 radical (unpaired) electrons. The highest BCUT2D eigenvalue weighted by Gasteiger charge is 2.35. The Morgan fingerprint density at radius 1 is 0.911 bits per heavy atom. The van der Waals surface area contributed by atoms with Gasteiger partial charge in [-0.1, -0.05) is 17.4 Å². The van der Waals surface area contributed by atoms with Crippen LogP contribution in [0, 0.1) is 12.7 Å². The van der Waals surface area contributed by atoms with Crippen molar-refractivity contribution in [1.82, 2.24) is 20.5 Å². The van der Waals surface area contributed by atoms with E-state index in [0.717, 1.165) is 27.3 Å². The van der Waals surface area contributed by atoms with Crippen LogP contribution in [0.3, 0.4) is 0 Å². The van der Waals surface area contributed by atoms with Crippen LogP contribution in [0.1, 0.15) is 42.1 Å². The topological polar surface area (TPSA) is 181 Å². The maximum absolute atomic E-state index is 13.1. The van der Waals surface area contributed by atoms with E-state index in [1.165, 1.54) is 29.5 Å². The van der Waals surface area contributed by atoms with Crippen LogP contribution in [0.4, 0.5) is 4.39 Å². The molecule has 1 unspecified atom stereocenters. The molecule has 1 aliphatic heterocycles. The van der Waals surface area contributed by atoms with Gasteiger partial charge in [-0.05, 0) is 86.8 Å². The van der Waals surface area contributed by atoms with Crippen molar-refractivity contribution in [1.29, 1.82) is 0 Å². The monoisotopic (exact) mass is 796 g/mol. The Labute approximate surface area is 327 Å². The van der Waals surface area contributed by atoms with E-state index in [1.54, 1.807) is 25.1 Å². The summed E-state index contributed by atoms with van der Waals surface area (Å²) in [7, 11) is 0. The van der Waals surface area contributed by atoms with E-state index in [2.05, 4.69) is 15.6 Å². The summed E-state index contributed by atoms with van der Waals surface area (Å²) in [6.45, 7) is 7.64. The highest BCUT2D eigenvalue weighted by Crippen LogP contribution is 2.32. The molecular weight excluding hydrogens is 752 g/mol. The molecule has 5 rings (SSSR count). The molecule has 5 amide bonds. The lowest BCUT2D eigenvalue weighted by molar-refractivity contribution is -0.139. The van der Waals surface area contributed by atoms with Gasteiger partial charge in [0.15, 0.2) is 0 Å². The fourth-order valence-corrected chi connectivity index (χ4v) is 6.02. The van der Waals surface area contributed by atoms with Gasteiger partial charge in [0.2, 0.25) is 24.6 Å². The summed E-state index contributed by atoms with van der Waals surface area (Å²) >= 11 is 1.32. The zero-order valence-corrected chi connectivity index (χ0v) is 32.0. The summed E-state index contributed by atoms with van der Waals surface area (Å²) in [5.41, 5.74) is 1.57. The molecule has 15 nitrogen and oxygen atoms in total. The fourth-order valence-electron chi connectivity index (χ4n) is 5.16. The number of thiazole rings is 1. The number of nitrogens with zero attached hydrogens (tertiary/aromatic N) is 2. The van der Waals surface area contributed by atoms with E-state index in [9.17, 15) is 28.4 Å². The summed E-state index contributed by atoms with van der Waals surface area (Å²) in [5, 5.41) is 5.20. The molecule has 1 aromatic heterocycles. The third-order valence-electron chi connectivity index (χ3n) is 7.94. The number of benzene rings is 3. The molecule has 2 heterocycles. The highest BCUT2D eigenvalue weighted by atomic mass is 32.1. The lowest BCUT2D eigenvalue weighted by Crippen LogP contribution is -2.53. The first-order valence-corrected chi connectivity index (χ1v) is 18.8. The van der Waals surface area contributed by atoms with E-state index in [0.29, 0.717) is 87.9 Å². The molecule has 1 aliphatic rings. The third kappa shape index (κ3) is 14.0. The van der Waals surface area contributed by atoms with Gasteiger partial charge >= 0.3 is 0 Å². The van der Waals surface area contributed by atoms with Gasteiger partial charge in [0, 0.05) is 25.1 Å². The molecule has 1 atom stereocenters. The maximum atomic E-state index is 13.1. The number of imide groups is 2. The van der Waals surface area contributed by atoms with Gasteiger partial charge in [0.05, 0.1) is 49.9 Å². The summed E-state index contributed by atoms with van der Waals surface area (Å²) in [6.07, 6.45) is 1.84. The second kappa shape index (κ2) is 23.4. The molecule has 56 heavy (non-hydrogen) atoms. The van der Waals surface area contributed by atoms with Crippen LogP contribution < -0.4 is 24.8 Å². The number of rotatable bonds is 22. The van der Waals surface area contributed by atoms with Crippen molar-refractivity contribution in [2.24, 2.45) is 0 Å². The lowest BCUT2D eigenvalue weighted by Gasteiger charge is -2.28. The molecule has 0 saturated carbocycles. The van der Waals surface area contributed by atoms with Gasteiger partial charge in [-0.15, -0.1) is 0 Å². The average molecular weight is 797 g/mol. The number of amides is 5. The van der Waals surface area contributed by atoms with Gasteiger partial charge in [0.25, 0.3) is 11.1 Å². The van der Waals surface area contributed by atoms with Crippen molar-refractivity contribution in [3.05, 3.63) is 77.6 Å². The largest absolute Gasteiger partial charge is 0.494 e. The van der Waals surface area contributed by atoms with Crippen molar-refractivity contribution >= 4 is 52.1 Å². The Balaban J connectivity index is 0.000000290. The Morgan fingerprint density at radius 3 is 2.27 bits per heavy atom. The van der Waals surface area contributed by atoms with Crippen LogP contribution in [-0.2, 0) is 33.4 Å². The molecule has 1 fully saturated rings. The van der Waals surface area contributed by atoms with Crippen LogP contribution in [0.5, 0.6) is 22.4 Å². The third-order valence-corrected chi connectivity index (χ3v) is 8.83. The number of fused-ring (bicyclic) bond motifs is 1. The van der Waals surface area contributed by atoms with Crippen molar-refractivity contribution in [3.63, 3.8) is 0 Å². The highest BCUT2D eigenvalue weighted by molar-refractivity contribution is 7.20. The van der Waals surface area contributed by atoms with E-state index in [4.69, 9.17) is 28.4 Å². The maximum Gasteiger partial charge on any atom is 0.279 e. The lowest BCUT2D eigenvalue weighted by atomic mass is 10.0. The fraction of sp³-hybridized carbons (Fsp3) is 0.385. The van der Waals surface area contributed by atoms with Gasteiger partial charge in [-0.3, -0.25) is 34.2 Å². The predicted octanol–water partition coefficient (Wildman–Crippen LogP) is 4.59. The van der Waals surface area contributed by atoms with Crippen LogP contribution in [-0.4, -0.2) is 106 Å². The number of hydrogen-bond donors (Lipinski definition) is 2. The Hall–Kier alpha value is -5.49. The molecule has 300 valence electrons. The minimum absolute atomic E-state index is 0.0519.